The average Bonchev–Trinajstić information content (AvgIpc) is 2.47. The molecular weight excluding hydrogens is 242 g/mol. The predicted molar refractivity (Wildman–Crippen MR) is 69.7 cm³/mol. The fourth-order valence-corrected chi connectivity index (χ4v) is 1.58. The molecule has 4 nitrogen and oxygen atoms in total. The fourth-order valence-electron chi connectivity index (χ4n) is 1.58. The van der Waals surface area contributed by atoms with Crippen LogP contribution < -0.4 is 0 Å². The van der Waals surface area contributed by atoms with Crippen LogP contribution in [-0.4, -0.2) is 23.3 Å². The van der Waals surface area contributed by atoms with Crippen molar-refractivity contribution in [3.63, 3.8) is 0 Å². The van der Waals surface area contributed by atoms with Crippen LogP contribution in [0.1, 0.15) is 15.9 Å². The van der Waals surface area contributed by atoms with Crippen molar-refractivity contribution in [3.05, 3.63) is 66.0 Å². The number of rotatable bonds is 5. The fraction of sp³-hybridized carbons (Fsp3) is 0.133. The van der Waals surface area contributed by atoms with Crippen molar-refractivity contribution in [2.45, 2.75) is 6.42 Å². The third kappa shape index (κ3) is 4.03. The number of pyridine rings is 1. The number of Topliss-reactive ketones (excluding diaryl/α,β-unsaturated/α-hetero) is 1. The maximum atomic E-state index is 11.7. The lowest BCUT2D eigenvalue weighted by molar-refractivity contribution is -0.141. The van der Waals surface area contributed by atoms with Gasteiger partial charge in [-0.1, -0.05) is 30.3 Å². The highest BCUT2D eigenvalue weighted by Gasteiger charge is 2.10. The van der Waals surface area contributed by atoms with Crippen molar-refractivity contribution in [1.29, 1.82) is 0 Å². The number of carbonyl (C=O) groups excluding carboxylic acids is 2. The maximum Gasteiger partial charge on any atom is 0.310 e. The number of nitrogens with zero attached hydrogens (tertiary/aromatic N) is 1. The van der Waals surface area contributed by atoms with Gasteiger partial charge < -0.3 is 4.74 Å². The summed E-state index contributed by atoms with van der Waals surface area (Å²) in [7, 11) is 0. The second-order valence-electron chi connectivity index (χ2n) is 3.98. The molecule has 0 bridgehead atoms. The normalized spacial score (nSPS) is 9.89. The van der Waals surface area contributed by atoms with Crippen molar-refractivity contribution in [3.8, 4) is 0 Å². The first-order valence-corrected chi connectivity index (χ1v) is 5.88. The van der Waals surface area contributed by atoms with Crippen molar-refractivity contribution < 1.29 is 14.3 Å². The summed E-state index contributed by atoms with van der Waals surface area (Å²) in [5.74, 6) is -0.641. The highest BCUT2D eigenvalue weighted by Crippen LogP contribution is 2.02. The van der Waals surface area contributed by atoms with Gasteiger partial charge in [-0.3, -0.25) is 14.6 Å². The van der Waals surface area contributed by atoms with Gasteiger partial charge in [-0.05, 0) is 17.7 Å². The van der Waals surface area contributed by atoms with Gasteiger partial charge in [0.15, 0.2) is 12.4 Å². The molecule has 0 aliphatic heterocycles. The van der Waals surface area contributed by atoms with E-state index in [0.717, 1.165) is 5.56 Å². The van der Waals surface area contributed by atoms with Gasteiger partial charge in [0.1, 0.15) is 0 Å². The lowest BCUT2D eigenvalue weighted by atomic mass is 10.1. The van der Waals surface area contributed by atoms with Gasteiger partial charge in [0.2, 0.25) is 0 Å². The van der Waals surface area contributed by atoms with Crippen LogP contribution in [0.2, 0.25) is 0 Å². The zero-order valence-corrected chi connectivity index (χ0v) is 10.3. The van der Waals surface area contributed by atoms with Gasteiger partial charge in [0.05, 0.1) is 6.42 Å². The van der Waals surface area contributed by atoms with Crippen molar-refractivity contribution in [2.75, 3.05) is 6.61 Å². The van der Waals surface area contributed by atoms with Gasteiger partial charge in [-0.2, -0.15) is 0 Å². The molecule has 4 heteroatoms. The largest absolute Gasteiger partial charge is 0.457 e. The molecule has 0 aliphatic carbocycles. The second-order valence-corrected chi connectivity index (χ2v) is 3.98. The zero-order chi connectivity index (χ0) is 13.5. The minimum absolute atomic E-state index is 0.171. The maximum absolute atomic E-state index is 11.7. The molecule has 2 aromatic rings. The van der Waals surface area contributed by atoms with E-state index in [1.807, 2.05) is 30.3 Å². The van der Waals surface area contributed by atoms with E-state index in [-0.39, 0.29) is 18.8 Å². The molecule has 0 saturated heterocycles. The Morgan fingerprint density at radius 1 is 1.00 bits per heavy atom. The third-order valence-corrected chi connectivity index (χ3v) is 2.56. The molecule has 0 atom stereocenters. The molecule has 0 radical (unpaired) electrons. The molecule has 0 amide bonds. The minimum Gasteiger partial charge on any atom is -0.457 e. The predicted octanol–water partition coefficient (Wildman–Crippen LogP) is 2.05. The molecule has 1 aromatic heterocycles. The quantitative estimate of drug-likeness (QED) is 0.606. The Balaban J connectivity index is 1.83. The third-order valence-electron chi connectivity index (χ3n) is 2.56. The lowest BCUT2D eigenvalue weighted by Crippen LogP contribution is -2.15. The van der Waals surface area contributed by atoms with Gasteiger partial charge in [-0.25, -0.2) is 0 Å². The first kappa shape index (κ1) is 13.0. The molecule has 96 valence electrons. The van der Waals surface area contributed by atoms with E-state index in [0.29, 0.717) is 5.56 Å². The monoisotopic (exact) mass is 255 g/mol. The Bertz CT molecular complexity index is 552. The lowest BCUT2D eigenvalue weighted by Gasteiger charge is -2.04. The average molecular weight is 255 g/mol. The molecule has 0 fully saturated rings. The molecule has 0 aliphatic rings. The number of ketones is 1. The number of hydrogen-bond acceptors (Lipinski definition) is 4. The Morgan fingerprint density at radius 2 is 1.68 bits per heavy atom. The van der Waals surface area contributed by atoms with Gasteiger partial charge >= 0.3 is 5.97 Å². The smallest absolute Gasteiger partial charge is 0.310 e. The molecule has 0 N–H and O–H groups in total. The summed E-state index contributed by atoms with van der Waals surface area (Å²) in [6.07, 6.45) is 3.22. The SMILES string of the molecule is O=C(Cc1ccccc1)OCC(=O)c1ccncc1. The number of hydrogen-bond donors (Lipinski definition) is 0. The topological polar surface area (TPSA) is 56.3 Å². The Morgan fingerprint density at radius 3 is 2.37 bits per heavy atom. The van der Waals surface area contributed by atoms with Crippen molar-refractivity contribution in [1.82, 2.24) is 4.98 Å². The number of aromatic nitrogens is 1. The van der Waals surface area contributed by atoms with Gasteiger partial charge in [0, 0.05) is 18.0 Å². The van der Waals surface area contributed by atoms with Crippen LogP contribution in [-0.2, 0) is 16.0 Å². The van der Waals surface area contributed by atoms with E-state index >= 15 is 0 Å². The molecule has 2 rings (SSSR count). The molecule has 0 spiro atoms. The van der Waals surface area contributed by atoms with Crippen LogP contribution in [0.3, 0.4) is 0 Å². The molecule has 1 heterocycles. The first-order valence-electron chi connectivity index (χ1n) is 5.88. The standard InChI is InChI=1S/C15H13NO3/c17-14(13-6-8-16-9-7-13)11-19-15(18)10-12-4-2-1-3-5-12/h1-9H,10-11H2. The van der Waals surface area contributed by atoms with Crippen LogP contribution >= 0.6 is 0 Å². The summed E-state index contributed by atoms with van der Waals surface area (Å²) in [4.78, 5) is 27.1. The summed E-state index contributed by atoms with van der Waals surface area (Å²) < 4.78 is 4.95. The van der Waals surface area contributed by atoms with Crippen LogP contribution in [0.4, 0.5) is 0 Å². The van der Waals surface area contributed by atoms with E-state index in [1.54, 1.807) is 12.1 Å². The van der Waals surface area contributed by atoms with E-state index in [4.69, 9.17) is 4.74 Å². The van der Waals surface area contributed by atoms with E-state index in [9.17, 15) is 9.59 Å². The van der Waals surface area contributed by atoms with E-state index < -0.39 is 5.97 Å². The number of esters is 1. The second kappa shape index (κ2) is 6.44. The molecule has 0 saturated carbocycles. The molecular formula is C15H13NO3. The Hall–Kier alpha value is -2.49. The number of ether oxygens (including phenoxy) is 1. The minimum atomic E-state index is -0.409. The number of carbonyl (C=O) groups is 2. The first-order chi connectivity index (χ1) is 9.25. The Labute approximate surface area is 111 Å². The Kier molecular flexibility index (Phi) is 4.39. The summed E-state index contributed by atoms with van der Waals surface area (Å²) in [6.45, 7) is -0.240. The van der Waals surface area contributed by atoms with Gasteiger partial charge in [0.25, 0.3) is 0 Å². The summed E-state index contributed by atoms with van der Waals surface area (Å²) in [5, 5.41) is 0. The molecule has 1 aromatic carbocycles. The highest BCUT2D eigenvalue weighted by molar-refractivity contribution is 5.97. The van der Waals surface area contributed by atoms with Crippen molar-refractivity contribution in [2.24, 2.45) is 0 Å². The summed E-state index contributed by atoms with van der Waals surface area (Å²) >= 11 is 0. The van der Waals surface area contributed by atoms with E-state index in [1.165, 1.54) is 12.4 Å². The number of benzene rings is 1. The summed E-state index contributed by atoms with van der Waals surface area (Å²) in [5.41, 5.74) is 1.35. The van der Waals surface area contributed by atoms with Gasteiger partial charge in [-0.15, -0.1) is 0 Å². The summed E-state index contributed by atoms with van der Waals surface area (Å²) in [6, 6.07) is 12.4. The zero-order valence-electron chi connectivity index (χ0n) is 10.3. The van der Waals surface area contributed by atoms with Crippen molar-refractivity contribution >= 4 is 11.8 Å². The highest BCUT2D eigenvalue weighted by atomic mass is 16.5. The molecule has 0 unspecified atom stereocenters. The molecule has 19 heavy (non-hydrogen) atoms. The van der Waals surface area contributed by atoms with Crippen LogP contribution in [0.5, 0.6) is 0 Å². The van der Waals surface area contributed by atoms with Crippen LogP contribution in [0.15, 0.2) is 54.9 Å². The van der Waals surface area contributed by atoms with Crippen LogP contribution in [0.25, 0.3) is 0 Å². The van der Waals surface area contributed by atoms with E-state index in [2.05, 4.69) is 4.98 Å². The van der Waals surface area contributed by atoms with Crippen LogP contribution in [0, 0.1) is 0 Å².